The summed E-state index contributed by atoms with van der Waals surface area (Å²) in [5, 5.41) is 5.64. The fraction of sp³-hybridized carbons (Fsp3) is 0.231. The lowest BCUT2D eigenvalue weighted by Crippen LogP contribution is -2.53. The van der Waals surface area contributed by atoms with Crippen LogP contribution in [0, 0.1) is 0 Å². The summed E-state index contributed by atoms with van der Waals surface area (Å²) < 4.78 is 0. The lowest BCUT2D eigenvalue weighted by molar-refractivity contribution is 0.0928. The van der Waals surface area contributed by atoms with Crippen LogP contribution in [0.4, 0.5) is 9.59 Å². The molecule has 0 spiro atoms. The summed E-state index contributed by atoms with van der Waals surface area (Å²) in [5.74, 6) is -0.962. The number of hydrogen-bond donors (Lipinski definition) is 6. The second-order valence-corrected chi connectivity index (χ2v) is 9.37. The van der Waals surface area contributed by atoms with E-state index in [0.29, 0.717) is 11.1 Å². The van der Waals surface area contributed by atoms with Gasteiger partial charge in [-0.3, -0.25) is 30.4 Å². The van der Waals surface area contributed by atoms with E-state index in [9.17, 15) is 19.2 Å². The third-order valence-corrected chi connectivity index (χ3v) is 5.62. The topological polar surface area (TPSA) is 198 Å². The number of amides is 6. The Labute approximate surface area is 225 Å². The summed E-state index contributed by atoms with van der Waals surface area (Å²) >= 11 is 0. The maximum atomic E-state index is 12.5. The molecule has 3 rings (SSSR count). The van der Waals surface area contributed by atoms with Crippen molar-refractivity contribution in [1.29, 1.82) is 0 Å². The minimum Gasteiger partial charge on any atom is -0.412 e. The smallest absolute Gasteiger partial charge is 0.334 e. The van der Waals surface area contributed by atoms with E-state index in [4.69, 9.17) is 0 Å². The first-order chi connectivity index (χ1) is 18.0. The van der Waals surface area contributed by atoms with Crippen LogP contribution >= 0.6 is 0 Å². The largest absolute Gasteiger partial charge is 0.412 e. The Balaban J connectivity index is 0.00000533. The Kier molecular flexibility index (Phi) is 10.0. The zero-order chi connectivity index (χ0) is 27.8. The maximum Gasteiger partial charge on any atom is 0.334 e. The van der Waals surface area contributed by atoms with Crippen molar-refractivity contribution in [2.45, 2.75) is 38.8 Å². The van der Waals surface area contributed by atoms with Gasteiger partial charge < -0.3 is 16.1 Å². The molecule has 0 aliphatic carbocycles. The van der Waals surface area contributed by atoms with Crippen molar-refractivity contribution in [2.75, 3.05) is 0 Å². The quantitative estimate of drug-likeness (QED) is 0.257. The summed E-state index contributed by atoms with van der Waals surface area (Å²) in [6.07, 6.45) is 5.90. The molecule has 0 radical (unpaired) electrons. The van der Waals surface area contributed by atoms with Crippen molar-refractivity contribution >= 4 is 23.9 Å². The highest BCUT2D eigenvalue weighted by molar-refractivity contribution is 5.95. The van der Waals surface area contributed by atoms with E-state index in [1.807, 2.05) is 24.3 Å². The molecule has 0 aliphatic rings. The lowest BCUT2D eigenvalue weighted by atomic mass is 9.87. The molecule has 6 amide bonds. The highest BCUT2D eigenvalue weighted by Gasteiger charge is 2.28. The first kappa shape index (κ1) is 30.2. The number of rotatable bonds is 6. The average Bonchev–Trinajstić information content (AvgIpc) is 2.91. The number of pyridine rings is 2. The molecule has 0 fully saturated rings. The van der Waals surface area contributed by atoms with E-state index in [1.54, 1.807) is 27.7 Å². The maximum absolute atomic E-state index is 12.5. The van der Waals surface area contributed by atoms with Gasteiger partial charge in [0.05, 0.1) is 11.1 Å². The van der Waals surface area contributed by atoms with Crippen molar-refractivity contribution in [2.24, 2.45) is 0 Å². The van der Waals surface area contributed by atoms with Crippen LogP contribution in [-0.4, -0.2) is 39.3 Å². The van der Waals surface area contributed by atoms with Crippen molar-refractivity contribution in [3.63, 3.8) is 0 Å². The van der Waals surface area contributed by atoms with E-state index < -0.39 is 35.0 Å². The number of hydrazine groups is 2. The summed E-state index contributed by atoms with van der Waals surface area (Å²) in [6.45, 7) is 7.21. The van der Waals surface area contributed by atoms with Crippen molar-refractivity contribution in [1.82, 2.24) is 42.3 Å². The fourth-order valence-corrected chi connectivity index (χ4v) is 3.45. The van der Waals surface area contributed by atoms with Crippen LogP contribution < -0.4 is 32.3 Å². The van der Waals surface area contributed by atoms with Crippen LogP contribution in [0.25, 0.3) is 0 Å². The number of carbonyl (C=O) groups excluding carboxylic acids is 4. The number of benzene rings is 1. The van der Waals surface area contributed by atoms with Gasteiger partial charge in [-0.2, -0.15) is 0 Å². The van der Waals surface area contributed by atoms with Gasteiger partial charge in [-0.1, -0.05) is 24.3 Å². The highest BCUT2D eigenvalue weighted by Crippen LogP contribution is 2.26. The molecule has 13 nitrogen and oxygen atoms in total. The Hall–Kier alpha value is -5.04. The van der Waals surface area contributed by atoms with Gasteiger partial charge in [0, 0.05) is 35.9 Å². The first-order valence-electron chi connectivity index (χ1n) is 11.7. The molecule has 0 saturated carbocycles. The Bertz CT molecular complexity index is 1200. The standard InChI is InChI=1S/C26H30N8O4.H2O/c1-25(2,29-23(37)33-31-21(35)17-8-12-27-13-9-17)19-6-5-7-20(16-19)26(3,4)30-24(38)34-32-22(36)18-10-14-28-15-11-18;/h5-16H,1-4H3,(H,31,35)(H,32,36)(H2,29,33,37)(H2,30,34,38);1H2. The molecule has 3 aromatic rings. The number of nitrogens with one attached hydrogen (secondary N) is 6. The van der Waals surface area contributed by atoms with E-state index in [0.717, 1.165) is 11.1 Å². The highest BCUT2D eigenvalue weighted by atomic mass is 16.2. The molecule has 13 heteroatoms. The van der Waals surface area contributed by atoms with Gasteiger partial charge in [0.25, 0.3) is 11.8 Å². The van der Waals surface area contributed by atoms with Gasteiger partial charge >= 0.3 is 12.1 Å². The molecule has 0 saturated heterocycles. The van der Waals surface area contributed by atoms with Gasteiger partial charge in [0.15, 0.2) is 0 Å². The summed E-state index contributed by atoms with van der Waals surface area (Å²) in [6, 6.07) is 12.2. The molecule has 39 heavy (non-hydrogen) atoms. The molecular formula is C26H32N8O5. The zero-order valence-electron chi connectivity index (χ0n) is 22.0. The van der Waals surface area contributed by atoms with E-state index in [2.05, 4.69) is 42.3 Å². The van der Waals surface area contributed by atoms with Gasteiger partial charge in [-0.05, 0) is 63.1 Å². The number of aromatic nitrogens is 2. The van der Waals surface area contributed by atoms with Crippen molar-refractivity contribution < 1.29 is 24.7 Å². The molecule has 1 aromatic carbocycles. The normalized spacial score (nSPS) is 10.8. The molecular weight excluding hydrogens is 504 g/mol. The number of urea groups is 2. The number of nitrogens with zero attached hydrogens (tertiary/aromatic N) is 2. The summed E-state index contributed by atoms with van der Waals surface area (Å²) in [5.41, 5.74) is 9.91. The second-order valence-electron chi connectivity index (χ2n) is 9.37. The van der Waals surface area contributed by atoms with E-state index in [-0.39, 0.29) is 5.48 Å². The predicted octanol–water partition coefficient (Wildman–Crippen LogP) is 1.41. The van der Waals surface area contributed by atoms with Gasteiger partial charge in [-0.15, -0.1) is 0 Å². The van der Waals surface area contributed by atoms with E-state index in [1.165, 1.54) is 49.1 Å². The Morgan fingerprint density at radius 3 is 1.31 bits per heavy atom. The monoisotopic (exact) mass is 536 g/mol. The zero-order valence-corrected chi connectivity index (χ0v) is 22.0. The van der Waals surface area contributed by atoms with Gasteiger partial charge in [-0.25, -0.2) is 20.4 Å². The number of carbonyl (C=O) groups is 4. The molecule has 0 unspecified atom stereocenters. The minimum absolute atomic E-state index is 0. The van der Waals surface area contributed by atoms with Crippen LogP contribution in [0.5, 0.6) is 0 Å². The SMILES string of the molecule is CC(C)(NC(=O)NNC(=O)c1ccncc1)c1cccc(C(C)(C)NC(=O)NNC(=O)c2ccncc2)c1.O. The first-order valence-corrected chi connectivity index (χ1v) is 11.7. The number of hydrogen-bond acceptors (Lipinski definition) is 6. The van der Waals surface area contributed by atoms with Crippen molar-refractivity contribution in [3.05, 3.63) is 95.6 Å². The Morgan fingerprint density at radius 2 is 0.949 bits per heavy atom. The third kappa shape index (κ3) is 8.50. The molecule has 8 N–H and O–H groups in total. The molecule has 206 valence electrons. The van der Waals surface area contributed by atoms with Crippen LogP contribution in [0.3, 0.4) is 0 Å². The van der Waals surface area contributed by atoms with Crippen LogP contribution in [-0.2, 0) is 11.1 Å². The minimum atomic E-state index is -0.835. The average molecular weight is 537 g/mol. The summed E-state index contributed by atoms with van der Waals surface area (Å²) in [7, 11) is 0. The molecule has 2 heterocycles. The lowest BCUT2D eigenvalue weighted by Gasteiger charge is -2.31. The predicted molar refractivity (Wildman–Crippen MR) is 143 cm³/mol. The summed E-state index contributed by atoms with van der Waals surface area (Å²) in [4.78, 5) is 56.9. The third-order valence-electron chi connectivity index (χ3n) is 5.62. The second kappa shape index (κ2) is 13.0. The van der Waals surface area contributed by atoms with Crippen LogP contribution in [0.15, 0.2) is 73.3 Å². The fourth-order valence-electron chi connectivity index (χ4n) is 3.45. The molecule has 2 aromatic heterocycles. The molecule has 0 aliphatic heterocycles. The van der Waals surface area contributed by atoms with E-state index >= 15 is 0 Å². The van der Waals surface area contributed by atoms with Gasteiger partial charge in [0.2, 0.25) is 0 Å². The van der Waals surface area contributed by atoms with Crippen LogP contribution in [0.2, 0.25) is 0 Å². The Morgan fingerprint density at radius 1 is 0.590 bits per heavy atom. The van der Waals surface area contributed by atoms with Crippen LogP contribution in [0.1, 0.15) is 59.5 Å². The molecule has 0 atom stereocenters. The molecule has 0 bridgehead atoms. The van der Waals surface area contributed by atoms with Gasteiger partial charge in [0.1, 0.15) is 0 Å². The van der Waals surface area contributed by atoms with Crippen molar-refractivity contribution in [3.8, 4) is 0 Å².